The van der Waals surface area contributed by atoms with E-state index in [2.05, 4.69) is 0 Å². The minimum absolute atomic E-state index is 0.0188. The number of fused-ring (bicyclic) bond motifs is 2. The Bertz CT molecular complexity index is 367. The van der Waals surface area contributed by atoms with E-state index in [-0.39, 0.29) is 11.7 Å². The minimum Gasteiger partial charge on any atom is -0.460 e. The molecule has 0 saturated heterocycles. The lowest BCUT2D eigenvalue weighted by atomic mass is 9.86. The smallest absolute Gasteiger partial charge is 0.257 e. The topological polar surface area (TPSA) is 35.5 Å². The molecule has 0 unspecified atom stereocenters. The Morgan fingerprint density at radius 1 is 1.50 bits per heavy atom. The van der Waals surface area contributed by atoms with E-state index >= 15 is 0 Å². The van der Waals surface area contributed by atoms with E-state index in [1.165, 1.54) is 0 Å². The number of carbonyl (C=O) groups is 1. The Labute approximate surface area is 82.4 Å². The summed E-state index contributed by atoms with van der Waals surface area (Å²) in [4.78, 5) is 11.7. The van der Waals surface area contributed by atoms with Crippen LogP contribution in [0.3, 0.4) is 0 Å². The molecule has 0 aromatic carbocycles. The van der Waals surface area contributed by atoms with Gasteiger partial charge in [0.25, 0.3) is 5.79 Å². The van der Waals surface area contributed by atoms with Gasteiger partial charge in [-0.2, -0.15) is 0 Å². The second-order valence-corrected chi connectivity index (χ2v) is 4.16. The third kappa shape index (κ3) is 0.846. The first kappa shape index (κ1) is 8.09. The summed E-state index contributed by atoms with van der Waals surface area (Å²) in [6, 6.07) is 0. The molecule has 14 heavy (non-hydrogen) atoms. The molecule has 0 bridgehead atoms. The van der Waals surface area contributed by atoms with Crippen LogP contribution in [0.25, 0.3) is 0 Å². The zero-order valence-corrected chi connectivity index (χ0v) is 8.08. The maximum Gasteiger partial charge on any atom is 0.257 e. The summed E-state index contributed by atoms with van der Waals surface area (Å²) in [5.41, 5.74) is 0.854. The second kappa shape index (κ2) is 2.41. The number of ketones is 1. The number of allylic oxidation sites excluding steroid dienone is 1. The molecule has 1 aliphatic carbocycles. The summed E-state index contributed by atoms with van der Waals surface area (Å²) in [7, 11) is 0. The maximum atomic E-state index is 11.7. The van der Waals surface area contributed by atoms with Crippen LogP contribution in [0.2, 0.25) is 0 Å². The van der Waals surface area contributed by atoms with Gasteiger partial charge in [-0.15, -0.1) is 0 Å². The van der Waals surface area contributed by atoms with Gasteiger partial charge in [-0.05, 0) is 12.5 Å². The molecule has 3 nitrogen and oxygen atoms in total. The van der Waals surface area contributed by atoms with Crippen LogP contribution in [0, 0.1) is 5.92 Å². The van der Waals surface area contributed by atoms with Crippen molar-refractivity contribution in [2.45, 2.75) is 32.0 Å². The number of carbonyl (C=O) groups excluding carboxylic acids is 1. The summed E-state index contributed by atoms with van der Waals surface area (Å²) < 4.78 is 11.1. The largest absolute Gasteiger partial charge is 0.460 e. The molecule has 2 atom stereocenters. The van der Waals surface area contributed by atoms with Crippen molar-refractivity contribution < 1.29 is 14.3 Å². The van der Waals surface area contributed by atoms with Crippen molar-refractivity contribution in [1.29, 1.82) is 0 Å². The highest BCUT2D eigenvalue weighted by Crippen LogP contribution is 2.48. The lowest BCUT2D eigenvalue weighted by molar-refractivity contribution is -0.156. The zero-order valence-electron chi connectivity index (χ0n) is 8.08. The number of Topliss-reactive ketones (excluding diaryl/α,β-unsaturated/α-hetero) is 1. The molecule has 2 heterocycles. The highest BCUT2D eigenvalue weighted by Gasteiger charge is 2.52. The number of ether oxygens (including phenoxy) is 2. The Morgan fingerprint density at radius 2 is 2.36 bits per heavy atom. The lowest BCUT2D eigenvalue weighted by Gasteiger charge is -2.24. The van der Waals surface area contributed by atoms with Gasteiger partial charge in [0.05, 0.1) is 12.2 Å². The molecule has 0 N–H and O–H groups in total. The minimum atomic E-state index is -0.634. The lowest BCUT2D eigenvalue weighted by Crippen LogP contribution is -2.31. The number of rotatable bonds is 0. The van der Waals surface area contributed by atoms with Gasteiger partial charge in [0, 0.05) is 25.3 Å². The molecule has 0 saturated carbocycles. The van der Waals surface area contributed by atoms with Gasteiger partial charge < -0.3 is 9.47 Å². The van der Waals surface area contributed by atoms with Gasteiger partial charge in [0.1, 0.15) is 5.76 Å². The van der Waals surface area contributed by atoms with Crippen LogP contribution < -0.4 is 0 Å². The van der Waals surface area contributed by atoms with Gasteiger partial charge in [-0.3, -0.25) is 4.79 Å². The molecule has 0 aromatic rings. The summed E-state index contributed by atoms with van der Waals surface area (Å²) >= 11 is 0. The molecule has 3 heteroatoms. The van der Waals surface area contributed by atoms with Crippen molar-refractivity contribution in [2.75, 3.05) is 0 Å². The molecule has 2 aliphatic heterocycles. The summed E-state index contributed by atoms with van der Waals surface area (Å²) in [5, 5.41) is 0. The normalized spacial score (nSPS) is 39.2. The Kier molecular flexibility index (Phi) is 1.39. The predicted molar refractivity (Wildman–Crippen MR) is 49.1 cm³/mol. The molecule has 3 aliphatic rings. The molecule has 0 spiro atoms. The highest BCUT2D eigenvalue weighted by molar-refractivity contribution is 5.98. The average molecular weight is 192 g/mol. The monoisotopic (exact) mass is 192 g/mol. The van der Waals surface area contributed by atoms with E-state index in [0.29, 0.717) is 6.42 Å². The molecule has 0 amide bonds. The van der Waals surface area contributed by atoms with Crippen molar-refractivity contribution in [2.24, 2.45) is 5.92 Å². The summed E-state index contributed by atoms with van der Waals surface area (Å²) in [6.07, 6.45) is 6.00. The van der Waals surface area contributed by atoms with Crippen LogP contribution in [0.5, 0.6) is 0 Å². The van der Waals surface area contributed by atoms with Crippen molar-refractivity contribution in [3.8, 4) is 0 Å². The fourth-order valence-electron chi connectivity index (χ4n) is 2.48. The molecule has 3 rings (SSSR count). The van der Waals surface area contributed by atoms with Crippen molar-refractivity contribution in [1.82, 2.24) is 0 Å². The maximum absolute atomic E-state index is 11.7. The first-order valence-corrected chi connectivity index (χ1v) is 5.00. The third-order valence-electron chi connectivity index (χ3n) is 3.18. The third-order valence-corrected chi connectivity index (χ3v) is 3.18. The molecular weight excluding hydrogens is 180 g/mol. The zero-order chi connectivity index (χ0) is 9.76. The van der Waals surface area contributed by atoms with Crippen LogP contribution >= 0.6 is 0 Å². The van der Waals surface area contributed by atoms with E-state index in [4.69, 9.17) is 9.47 Å². The van der Waals surface area contributed by atoms with Gasteiger partial charge in [0.2, 0.25) is 0 Å². The van der Waals surface area contributed by atoms with E-state index in [0.717, 1.165) is 24.2 Å². The predicted octanol–water partition coefficient (Wildman–Crippen LogP) is 1.90. The summed E-state index contributed by atoms with van der Waals surface area (Å²) in [5.74, 6) is 0.475. The number of hydrogen-bond acceptors (Lipinski definition) is 3. The standard InChI is InChI=1S/C11H12O3/c1-11-7(5-6-13-11)10-8(12)3-2-4-9(10)14-11/h5-7H,2-4H2,1H3/t7-,11+/m0/s1. The van der Waals surface area contributed by atoms with Crippen LogP contribution in [0.15, 0.2) is 23.7 Å². The van der Waals surface area contributed by atoms with E-state index in [1.807, 2.05) is 13.0 Å². The SMILES string of the molecule is C[C@]12OC=C[C@H]1C1=C(CCCC1=O)O2. The summed E-state index contributed by atoms with van der Waals surface area (Å²) in [6.45, 7) is 1.89. The van der Waals surface area contributed by atoms with Crippen molar-refractivity contribution in [3.05, 3.63) is 23.7 Å². The Morgan fingerprint density at radius 3 is 3.21 bits per heavy atom. The van der Waals surface area contributed by atoms with Crippen LogP contribution in [-0.4, -0.2) is 11.6 Å². The fraction of sp³-hybridized carbons (Fsp3) is 0.545. The molecule has 0 fully saturated rings. The van der Waals surface area contributed by atoms with Crippen molar-refractivity contribution in [3.63, 3.8) is 0 Å². The Hall–Kier alpha value is -1.25. The number of hydrogen-bond donors (Lipinski definition) is 0. The van der Waals surface area contributed by atoms with Gasteiger partial charge in [-0.25, -0.2) is 0 Å². The van der Waals surface area contributed by atoms with Crippen LogP contribution in [0.4, 0.5) is 0 Å². The average Bonchev–Trinajstić information content (AvgIpc) is 2.58. The molecular formula is C11H12O3. The molecule has 74 valence electrons. The van der Waals surface area contributed by atoms with E-state index < -0.39 is 5.79 Å². The fourth-order valence-corrected chi connectivity index (χ4v) is 2.48. The quantitative estimate of drug-likeness (QED) is 0.588. The highest BCUT2D eigenvalue weighted by atomic mass is 16.7. The van der Waals surface area contributed by atoms with E-state index in [9.17, 15) is 4.79 Å². The second-order valence-electron chi connectivity index (χ2n) is 4.16. The van der Waals surface area contributed by atoms with E-state index in [1.54, 1.807) is 6.26 Å². The first-order valence-electron chi connectivity index (χ1n) is 5.00. The molecule has 0 aromatic heterocycles. The Balaban J connectivity index is 2.06. The van der Waals surface area contributed by atoms with Crippen LogP contribution in [0.1, 0.15) is 26.2 Å². The first-order chi connectivity index (χ1) is 6.71. The van der Waals surface area contributed by atoms with Gasteiger partial charge in [0.15, 0.2) is 5.78 Å². The van der Waals surface area contributed by atoms with Crippen molar-refractivity contribution >= 4 is 5.78 Å². The van der Waals surface area contributed by atoms with Gasteiger partial charge in [-0.1, -0.05) is 0 Å². The molecule has 0 radical (unpaired) electrons. The van der Waals surface area contributed by atoms with Gasteiger partial charge >= 0.3 is 0 Å². The van der Waals surface area contributed by atoms with Crippen LogP contribution in [-0.2, 0) is 14.3 Å².